The van der Waals surface area contributed by atoms with Crippen LogP contribution in [0.3, 0.4) is 0 Å². The summed E-state index contributed by atoms with van der Waals surface area (Å²) >= 11 is 0. The Morgan fingerprint density at radius 1 is 1.29 bits per heavy atom. The second-order valence-electron chi connectivity index (χ2n) is 5.55. The average Bonchev–Trinajstić information content (AvgIpc) is 2.93. The van der Waals surface area contributed by atoms with Crippen molar-refractivity contribution in [1.82, 2.24) is 0 Å². The first kappa shape index (κ1) is 13.9. The number of ether oxygens (including phenoxy) is 2. The monoisotopic (exact) mass is 291 g/mol. The molecule has 0 aromatic heterocycles. The second-order valence-corrected chi connectivity index (χ2v) is 5.55. The van der Waals surface area contributed by atoms with Crippen LogP contribution in [0.1, 0.15) is 37.2 Å². The van der Waals surface area contributed by atoms with E-state index in [2.05, 4.69) is 0 Å². The molecule has 0 N–H and O–H groups in total. The smallest absolute Gasteiger partial charge is 0.231 e. The number of rotatable bonds is 4. The lowest BCUT2D eigenvalue weighted by molar-refractivity contribution is -0.484. The van der Waals surface area contributed by atoms with Gasteiger partial charge >= 0.3 is 0 Å². The number of hydrogen-bond acceptors (Lipinski definition) is 5. The molecule has 0 bridgehead atoms. The molecule has 1 fully saturated rings. The van der Waals surface area contributed by atoms with Gasteiger partial charge in [-0.2, -0.15) is 0 Å². The van der Waals surface area contributed by atoms with E-state index in [4.69, 9.17) is 9.47 Å². The van der Waals surface area contributed by atoms with E-state index in [-0.39, 0.29) is 35.9 Å². The zero-order valence-corrected chi connectivity index (χ0v) is 11.6. The summed E-state index contributed by atoms with van der Waals surface area (Å²) in [5, 5.41) is 11.0. The number of hydrogen-bond donors (Lipinski definition) is 0. The zero-order chi connectivity index (χ0) is 14.8. The van der Waals surface area contributed by atoms with Crippen LogP contribution in [0.2, 0.25) is 0 Å². The fraction of sp³-hybridized carbons (Fsp3) is 0.533. The molecule has 6 nitrogen and oxygen atoms in total. The molecule has 1 aromatic rings. The van der Waals surface area contributed by atoms with Crippen LogP contribution >= 0.6 is 0 Å². The average molecular weight is 291 g/mol. The number of carbonyl (C=O) groups excluding carboxylic acids is 1. The Morgan fingerprint density at radius 2 is 2.10 bits per heavy atom. The van der Waals surface area contributed by atoms with Crippen molar-refractivity contribution < 1.29 is 19.2 Å². The summed E-state index contributed by atoms with van der Waals surface area (Å²) in [6.45, 7) is -0.0584. The number of carbonyl (C=O) groups is 1. The highest BCUT2D eigenvalue weighted by molar-refractivity contribution is 5.82. The fourth-order valence-electron chi connectivity index (χ4n) is 3.20. The van der Waals surface area contributed by atoms with Gasteiger partial charge in [-0.05, 0) is 30.5 Å². The molecule has 3 rings (SSSR count). The van der Waals surface area contributed by atoms with Crippen molar-refractivity contribution in [2.75, 3.05) is 13.3 Å². The molecule has 0 unspecified atom stereocenters. The first-order chi connectivity index (χ1) is 10.1. The molecule has 2 aliphatic rings. The van der Waals surface area contributed by atoms with Crippen LogP contribution < -0.4 is 9.47 Å². The molecule has 0 saturated heterocycles. The standard InChI is InChI=1S/C15H17NO5/c17-13-4-2-1-3-11(13)12(8-16(18)19)10-5-6-14-15(7-10)21-9-20-14/h5-7,11-12H,1-4,8-9H2/t11-,12-/m0/s1. The summed E-state index contributed by atoms with van der Waals surface area (Å²) < 4.78 is 10.6. The van der Waals surface area contributed by atoms with Crippen molar-refractivity contribution in [3.8, 4) is 11.5 Å². The van der Waals surface area contributed by atoms with Crippen molar-refractivity contribution in [2.24, 2.45) is 5.92 Å². The highest BCUT2D eigenvalue weighted by atomic mass is 16.7. The van der Waals surface area contributed by atoms with Crippen LogP contribution in [-0.2, 0) is 4.79 Å². The normalized spacial score (nSPS) is 22.1. The van der Waals surface area contributed by atoms with E-state index in [9.17, 15) is 14.9 Å². The molecular weight excluding hydrogens is 274 g/mol. The Bertz CT molecular complexity index is 571. The summed E-state index contributed by atoms with van der Waals surface area (Å²) in [5.41, 5.74) is 0.788. The molecule has 1 aliphatic heterocycles. The van der Waals surface area contributed by atoms with Gasteiger partial charge in [0.1, 0.15) is 5.78 Å². The van der Waals surface area contributed by atoms with Gasteiger partial charge in [0, 0.05) is 17.3 Å². The van der Waals surface area contributed by atoms with E-state index in [1.54, 1.807) is 12.1 Å². The predicted octanol–water partition coefficient (Wildman–Crippen LogP) is 2.53. The topological polar surface area (TPSA) is 78.7 Å². The molecule has 0 amide bonds. The van der Waals surface area contributed by atoms with Crippen LogP contribution in [0.25, 0.3) is 0 Å². The Balaban J connectivity index is 1.91. The molecule has 112 valence electrons. The summed E-state index contributed by atoms with van der Waals surface area (Å²) in [7, 11) is 0. The fourth-order valence-corrected chi connectivity index (χ4v) is 3.20. The van der Waals surface area contributed by atoms with Crippen LogP contribution in [0, 0.1) is 16.0 Å². The van der Waals surface area contributed by atoms with Crippen molar-refractivity contribution >= 4 is 5.78 Å². The molecule has 6 heteroatoms. The van der Waals surface area contributed by atoms with Crippen LogP contribution in [0.4, 0.5) is 0 Å². The quantitative estimate of drug-likeness (QED) is 0.629. The minimum atomic E-state index is -0.387. The van der Waals surface area contributed by atoms with Crippen molar-refractivity contribution in [3.05, 3.63) is 33.9 Å². The molecular formula is C15H17NO5. The lowest BCUT2D eigenvalue weighted by Crippen LogP contribution is -2.30. The Kier molecular flexibility index (Phi) is 3.77. The molecule has 21 heavy (non-hydrogen) atoms. The lowest BCUT2D eigenvalue weighted by atomic mass is 9.76. The maximum Gasteiger partial charge on any atom is 0.231 e. The van der Waals surface area contributed by atoms with Gasteiger partial charge in [0.05, 0.1) is 5.92 Å². The van der Waals surface area contributed by atoms with Crippen LogP contribution in [0.15, 0.2) is 18.2 Å². The first-order valence-corrected chi connectivity index (χ1v) is 7.19. The minimum Gasteiger partial charge on any atom is -0.454 e. The Morgan fingerprint density at radius 3 is 2.86 bits per heavy atom. The molecule has 0 spiro atoms. The molecule has 2 atom stereocenters. The number of ketones is 1. The second kappa shape index (κ2) is 5.71. The summed E-state index contributed by atoms with van der Waals surface area (Å²) in [5.74, 6) is 0.746. The third kappa shape index (κ3) is 2.84. The van der Waals surface area contributed by atoms with E-state index < -0.39 is 0 Å². The molecule has 1 aliphatic carbocycles. The third-order valence-electron chi connectivity index (χ3n) is 4.26. The summed E-state index contributed by atoms with van der Waals surface area (Å²) in [6.07, 6.45) is 3.10. The highest BCUT2D eigenvalue weighted by Gasteiger charge is 2.35. The van der Waals surface area contributed by atoms with Crippen LogP contribution in [-0.4, -0.2) is 24.0 Å². The number of benzene rings is 1. The van der Waals surface area contributed by atoms with Crippen molar-refractivity contribution in [1.29, 1.82) is 0 Å². The molecule has 1 aromatic carbocycles. The van der Waals surface area contributed by atoms with E-state index >= 15 is 0 Å². The molecule has 1 saturated carbocycles. The van der Waals surface area contributed by atoms with Gasteiger partial charge in [0.15, 0.2) is 11.5 Å². The number of nitro groups is 1. The van der Waals surface area contributed by atoms with E-state index in [1.165, 1.54) is 0 Å². The van der Waals surface area contributed by atoms with E-state index in [0.29, 0.717) is 17.9 Å². The SMILES string of the molecule is O=C1CCCC[C@H]1[C@@H](C[N+](=O)[O-])c1ccc2c(c1)OCO2. The van der Waals surface area contributed by atoms with Gasteiger partial charge in [-0.3, -0.25) is 14.9 Å². The van der Waals surface area contributed by atoms with Gasteiger partial charge in [-0.15, -0.1) is 0 Å². The van der Waals surface area contributed by atoms with E-state index in [1.807, 2.05) is 6.07 Å². The van der Waals surface area contributed by atoms with Gasteiger partial charge in [0.2, 0.25) is 13.3 Å². The molecule has 1 heterocycles. The lowest BCUT2D eigenvalue weighted by Gasteiger charge is -2.27. The largest absolute Gasteiger partial charge is 0.454 e. The Labute approximate surface area is 122 Å². The van der Waals surface area contributed by atoms with Gasteiger partial charge in [-0.25, -0.2) is 0 Å². The van der Waals surface area contributed by atoms with Crippen molar-refractivity contribution in [2.45, 2.75) is 31.6 Å². The summed E-state index contributed by atoms with van der Waals surface area (Å²) in [4.78, 5) is 22.8. The maximum atomic E-state index is 12.1. The maximum absolute atomic E-state index is 12.1. The van der Waals surface area contributed by atoms with Gasteiger partial charge in [-0.1, -0.05) is 12.5 Å². The van der Waals surface area contributed by atoms with Crippen LogP contribution in [0.5, 0.6) is 11.5 Å². The predicted molar refractivity (Wildman–Crippen MR) is 74.1 cm³/mol. The van der Waals surface area contributed by atoms with E-state index in [0.717, 1.165) is 24.8 Å². The van der Waals surface area contributed by atoms with Gasteiger partial charge in [0.25, 0.3) is 0 Å². The highest BCUT2D eigenvalue weighted by Crippen LogP contribution is 2.39. The Hall–Kier alpha value is -2.11. The summed E-state index contributed by atoms with van der Waals surface area (Å²) in [6, 6.07) is 5.35. The molecule has 0 radical (unpaired) electrons. The zero-order valence-electron chi connectivity index (χ0n) is 11.6. The number of nitrogens with zero attached hydrogens (tertiary/aromatic N) is 1. The first-order valence-electron chi connectivity index (χ1n) is 7.19. The van der Waals surface area contributed by atoms with Crippen molar-refractivity contribution in [3.63, 3.8) is 0 Å². The number of Topliss-reactive ketones (excluding diaryl/α,β-unsaturated/α-hetero) is 1. The third-order valence-corrected chi connectivity index (χ3v) is 4.26. The minimum absolute atomic E-state index is 0.144. The number of fused-ring (bicyclic) bond motifs is 1. The van der Waals surface area contributed by atoms with Gasteiger partial charge < -0.3 is 9.47 Å².